The number of aliphatic hydroxyl groups excluding tert-OH is 1. The quantitative estimate of drug-likeness (QED) is 0.778. The molecule has 4 atom stereocenters. The zero-order valence-corrected chi connectivity index (χ0v) is 17.8. The van der Waals surface area contributed by atoms with Crippen LogP contribution in [0.25, 0.3) is 0 Å². The summed E-state index contributed by atoms with van der Waals surface area (Å²) < 4.78 is 1.87. The molecule has 0 unspecified atom stereocenters. The Labute approximate surface area is 178 Å². The van der Waals surface area contributed by atoms with Gasteiger partial charge in [0.1, 0.15) is 0 Å². The van der Waals surface area contributed by atoms with Gasteiger partial charge < -0.3 is 15.0 Å². The Hall–Kier alpha value is -1.66. The smallest absolute Gasteiger partial charge is 0.250 e. The Morgan fingerprint density at radius 2 is 1.80 bits per heavy atom. The first-order valence-electron chi connectivity index (χ1n) is 12.0. The predicted molar refractivity (Wildman–Crippen MR) is 115 cm³/mol. The van der Waals surface area contributed by atoms with Gasteiger partial charge in [-0.2, -0.15) is 0 Å². The monoisotopic (exact) mass is 413 g/mol. The van der Waals surface area contributed by atoms with Crippen molar-refractivity contribution in [2.75, 3.05) is 13.2 Å². The first-order chi connectivity index (χ1) is 14.7. The number of aliphatic hydroxyl groups is 1. The van der Waals surface area contributed by atoms with Crippen LogP contribution in [0.1, 0.15) is 69.5 Å². The molecule has 2 saturated carbocycles. The lowest BCUT2D eigenvalue weighted by Gasteiger charge is -2.34. The molecule has 1 saturated heterocycles. The van der Waals surface area contributed by atoms with Gasteiger partial charge in [0.2, 0.25) is 5.91 Å². The molecule has 6 nitrogen and oxygen atoms in total. The molecule has 2 aliphatic carbocycles. The Morgan fingerprint density at radius 3 is 2.53 bits per heavy atom. The fourth-order valence-electron chi connectivity index (χ4n) is 6.79. The number of carbonyl (C=O) groups excluding carboxylic acids is 1. The maximum Gasteiger partial charge on any atom is 0.250 e. The van der Waals surface area contributed by atoms with Crippen molar-refractivity contribution in [1.29, 1.82) is 0 Å². The van der Waals surface area contributed by atoms with Gasteiger partial charge in [-0.25, -0.2) is 0 Å². The van der Waals surface area contributed by atoms with Gasteiger partial charge in [0.15, 0.2) is 0 Å². The average molecular weight is 414 g/mol. The van der Waals surface area contributed by atoms with Gasteiger partial charge in [-0.1, -0.05) is 38.2 Å². The minimum atomic E-state index is -0.295. The van der Waals surface area contributed by atoms with E-state index in [2.05, 4.69) is 10.2 Å². The highest BCUT2D eigenvalue weighted by atomic mass is 16.3. The van der Waals surface area contributed by atoms with Crippen LogP contribution < -0.4 is 10.9 Å². The van der Waals surface area contributed by atoms with Crippen LogP contribution in [-0.2, 0) is 11.3 Å². The van der Waals surface area contributed by atoms with Crippen molar-refractivity contribution in [1.82, 2.24) is 14.8 Å². The van der Waals surface area contributed by atoms with Crippen LogP contribution in [0.3, 0.4) is 0 Å². The van der Waals surface area contributed by atoms with Crippen molar-refractivity contribution >= 4 is 5.91 Å². The van der Waals surface area contributed by atoms with E-state index in [-0.39, 0.29) is 48.0 Å². The van der Waals surface area contributed by atoms with E-state index >= 15 is 0 Å². The highest BCUT2D eigenvalue weighted by Gasteiger charge is 2.55. The van der Waals surface area contributed by atoms with Crippen LogP contribution in [0.5, 0.6) is 0 Å². The molecule has 0 aromatic carbocycles. The number of fused-ring (bicyclic) bond motifs is 3. The number of hydrogen-bond donors (Lipinski definition) is 2. The van der Waals surface area contributed by atoms with Crippen LogP contribution in [0.15, 0.2) is 23.0 Å². The van der Waals surface area contributed by atoms with Gasteiger partial charge in [-0.3, -0.25) is 14.5 Å². The van der Waals surface area contributed by atoms with Crippen molar-refractivity contribution in [3.63, 3.8) is 0 Å². The lowest BCUT2D eigenvalue weighted by atomic mass is 9.87. The summed E-state index contributed by atoms with van der Waals surface area (Å²) in [5.41, 5.74) is 1.06. The molecule has 2 N–H and O–H groups in total. The molecule has 2 aliphatic heterocycles. The van der Waals surface area contributed by atoms with Crippen LogP contribution in [-0.4, -0.2) is 45.7 Å². The van der Waals surface area contributed by atoms with Crippen molar-refractivity contribution < 1.29 is 9.90 Å². The Kier molecular flexibility index (Phi) is 5.71. The molecular formula is C24H35N3O3. The molecule has 1 amide bonds. The number of rotatable bonds is 5. The number of amides is 1. The number of nitrogens with one attached hydrogen (secondary N) is 1. The van der Waals surface area contributed by atoms with Gasteiger partial charge in [-0.15, -0.1) is 0 Å². The minimum Gasteiger partial charge on any atom is -0.396 e. The summed E-state index contributed by atoms with van der Waals surface area (Å²) in [7, 11) is 0. The molecule has 3 heterocycles. The molecule has 30 heavy (non-hydrogen) atoms. The molecule has 5 rings (SSSR count). The predicted octanol–water partition coefficient (Wildman–Crippen LogP) is 2.45. The van der Waals surface area contributed by atoms with Gasteiger partial charge in [0.25, 0.3) is 5.56 Å². The second-order valence-corrected chi connectivity index (χ2v) is 9.99. The summed E-state index contributed by atoms with van der Waals surface area (Å²) in [6, 6.07) is 5.54. The van der Waals surface area contributed by atoms with Crippen molar-refractivity contribution in [3.8, 4) is 0 Å². The molecular weight excluding hydrogens is 378 g/mol. The van der Waals surface area contributed by atoms with E-state index in [0.29, 0.717) is 12.5 Å². The zero-order valence-electron chi connectivity index (χ0n) is 17.8. The fraction of sp³-hybridized carbons (Fsp3) is 0.750. The minimum absolute atomic E-state index is 0.00613. The van der Waals surface area contributed by atoms with Crippen LogP contribution in [0.4, 0.5) is 0 Å². The average Bonchev–Trinajstić information content (AvgIpc) is 3.45. The molecule has 0 spiro atoms. The lowest BCUT2D eigenvalue weighted by molar-refractivity contribution is -0.129. The maximum atomic E-state index is 13.5. The van der Waals surface area contributed by atoms with Crippen LogP contribution in [0, 0.1) is 17.8 Å². The van der Waals surface area contributed by atoms with Crippen LogP contribution in [0.2, 0.25) is 0 Å². The van der Waals surface area contributed by atoms with E-state index in [9.17, 15) is 14.7 Å². The molecule has 4 aliphatic rings. The number of aromatic nitrogens is 1. The van der Waals surface area contributed by atoms with Gasteiger partial charge in [0, 0.05) is 49.3 Å². The molecule has 0 radical (unpaired) electrons. The number of hydrogen-bond acceptors (Lipinski definition) is 4. The first-order valence-corrected chi connectivity index (χ1v) is 12.0. The number of carbonyl (C=O) groups is 1. The summed E-state index contributed by atoms with van der Waals surface area (Å²) in [5.74, 6) is 0.698. The third kappa shape index (κ3) is 3.52. The summed E-state index contributed by atoms with van der Waals surface area (Å²) >= 11 is 0. The van der Waals surface area contributed by atoms with Crippen molar-refractivity contribution in [2.45, 2.75) is 82.5 Å². The first kappa shape index (κ1) is 20.3. The van der Waals surface area contributed by atoms with Gasteiger partial charge in [-0.05, 0) is 37.7 Å². The number of pyridine rings is 1. The molecule has 3 fully saturated rings. The highest BCUT2D eigenvalue weighted by Crippen LogP contribution is 2.50. The topological polar surface area (TPSA) is 74.6 Å². The molecule has 1 aromatic rings. The molecule has 0 bridgehead atoms. The zero-order chi connectivity index (χ0) is 20.7. The standard InChI is InChI=1S/C24H35N3O3/c28-15-19-18-14-26-20(11-6-12-21(26)29)22(18)27(13-16-7-4-5-8-16)23(19)24(30)25-17-9-2-1-3-10-17/h6,11-12,16-19,22-23,28H,1-5,7-10,13-15H2,(H,25,30)/t18-,19-,22+,23-/m0/s1. The van der Waals surface area contributed by atoms with Crippen LogP contribution >= 0.6 is 0 Å². The van der Waals surface area contributed by atoms with E-state index in [4.69, 9.17) is 0 Å². The Balaban J connectivity index is 1.46. The number of likely N-dealkylation sites (tertiary alicyclic amines) is 1. The van der Waals surface area contributed by atoms with Crippen molar-refractivity contribution in [2.24, 2.45) is 17.8 Å². The fourth-order valence-corrected chi connectivity index (χ4v) is 6.79. The van der Waals surface area contributed by atoms with Gasteiger partial charge >= 0.3 is 0 Å². The maximum absolute atomic E-state index is 13.5. The second-order valence-electron chi connectivity index (χ2n) is 9.99. The largest absolute Gasteiger partial charge is 0.396 e. The summed E-state index contributed by atoms with van der Waals surface area (Å²) in [4.78, 5) is 28.4. The molecule has 6 heteroatoms. The lowest BCUT2D eigenvalue weighted by Crippen LogP contribution is -2.52. The van der Waals surface area contributed by atoms with E-state index in [1.807, 2.05) is 16.7 Å². The normalized spacial score (nSPS) is 32.3. The van der Waals surface area contributed by atoms with E-state index in [1.54, 1.807) is 6.07 Å². The van der Waals surface area contributed by atoms with Crippen molar-refractivity contribution in [3.05, 3.63) is 34.2 Å². The van der Waals surface area contributed by atoms with Gasteiger partial charge in [0.05, 0.1) is 12.1 Å². The molecule has 1 aromatic heterocycles. The second kappa shape index (κ2) is 8.46. The third-order valence-electron chi connectivity index (χ3n) is 8.23. The summed E-state index contributed by atoms with van der Waals surface area (Å²) in [6.07, 6.45) is 10.7. The number of nitrogens with zero attached hydrogens (tertiary/aromatic N) is 2. The Morgan fingerprint density at radius 1 is 1.07 bits per heavy atom. The third-order valence-corrected chi connectivity index (χ3v) is 8.23. The summed E-state index contributed by atoms with van der Waals surface area (Å²) in [5, 5.41) is 13.7. The van der Waals surface area contributed by atoms with E-state index in [0.717, 1.165) is 25.1 Å². The highest BCUT2D eigenvalue weighted by molar-refractivity contribution is 5.83. The summed E-state index contributed by atoms with van der Waals surface area (Å²) in [6.45, 7) is 1.50. The van der Waals surface area contributed by atoms with E-state index in [1.165, 1.54) is 44.9 Å². The SMILES string of the molecule is O=C(NC1CCCCC1)[C@@H]1[C@@H](CO)[C@@H]2Cn3c(cccc3=O)[C@@H]2N1CC1CCCC1. The molecule has 164 valence electrons. The van der Waals surface area contributed by atoms with E-state index < -0.39 is 0 Å². The Bertz CT molecular complexity index is 825.